The molecule has 0 aromatic heterocycles. The summed E-state index contributed by atoms with van der Waals surface area (Å²) in [5.41, 5.74) is 1.57. The minimum atomic E-state index is -0.211. The summed E-state index contributed by atoms with van der Waals surface area (Å²) in [6.07, 6.45) is 3.18. The molecule has 19 heavy (non-hydrogen) atoms. The Labute approximate surface area is 121 Å². The highest BCUT2D eigenvalue weighted by atomic mass is 35.5. The van der Waals surface area contributed by atoms with Gasteiger partial charge in [0, 0.05) is 21.8 Å². The summed E-state index contributed by atoms with van der Waals surface area (Å²) in [6, 6.07) is 14.2. The van der Waals surface area contributed by atoms with Crippen molar-refractivity contribution in [2.75, 3.05) is 5.32 Å². The molecule has 0 saturated heterocycles. The summed E-state index contributed by atoms with van der Waals surface area (Å²) < 4.78 is 0. The summed E-state index contributed by atoms with van der Waals surface area (Å²) in [7, 11) is 0. The summed E-state index contributed by atoms with van der Waals surface area (Å²) in [5, 5.41) is 3.98. The molecule has 0 bridgehead atoms. The second-order valence-electron chi connectivity index (χ2n) is 3.88. The minimum absolute atomic E-state index is 0.211. The molecule has 0 heterocycles. The maximum Gasteiger partial charge on any atom is 0.248 e. The van der Waals surface area contributed by atoms with E-state index in [1.165, 1.54) is 6.08 Å². The highest BCUT2D eigenvalue weighted by Crippen LogP contribution is 2.15. The Morgan fingerprint density at radius 3 is 2.42 bits per heavy atom. The van der Waals surface area contributed by atoms with E-state index in [9.17, 15) is 4.79 Å². The molecular weight excluding hydrogens is 281 g/mol. The predicted molar refractivity (Wildman–Crippen MR) is 80.6 cm³/mol. The van der Waals surface area contributed by atoms with Crippen LogP contribution in [0.2, 0.25) is 10.0 Å². The van der Waals surface area contributed by atoms with Gasteiger partial charge < -0.3 is 5.32 Å². The van der Waals surface area contributed by atoms with Gasteiger partial charge in [0.25, 0.3) is 0 Å². The molecule has 0 atom stereocenters. The van der Waals surface area contributed by atoms with Gasteiger partial charge in [0.2, 0.25) is 5.91 Å². The van der Waals surface area contributed by atoms with Crippen molar-refractivity contribution in [2.24, 2.45) is 0 Å². The Balaban J connectivity index is 1.99. The predicted octanol–water partition coefficient (Wildman–Crippen LogP) is 4.65. The smallest absolute Gasteiger partial charge is 0.248 e. The van der Waals surface area contributed by atoms with Crippen molar-refractivity contribution in [2.45, 2.75) is 0 Å². The average molecular weight is 292 g/mol. The van der Waals surface area contributed by atoms with Crippen molar-refractivity contribution in [1.82, 2.24) is 0 Å². The van der Waals surface area contributed by atoms with Crippen LogP contribution in [0, 0.1) is 0 Å². The third kappa shape index (κ3) is 4.43. The van der Waals surface area contributed by atoms with Gasteiger partial charge in [0.1, 0.15) is 0 Å². The van der Waals surface area contributed by atoms with Crippen molar-refractivity contribution >= 4 is 40.9 Å². The van der Waals surface area contributed by atoms with Crippen LogP contribution in [0.1, 0.15) is 5.56 Å². The first-order chi connectivity index (χ1) is 9.13. The number of carbonyl (C=O) groups excluding carboxylic acids is 1. The molecule has 0 radical (unpaired) electrons. The molecule has 0 saturated carbocycles. The molecule has 0 aliphatic heterocycles. The van der Waals surface area contributed by atoms with Crippen LogP contribution in [0.4, 0.5) is 5.69 Å². The normalized spacial score (nSPS) is 10.6. The van der Waals surface area contributed by atoms with Crippen LogP contribution in [0.25, 0.3) is 6.08 Å². The Bertz CT molecular complexity index is 606. The van der Waals surface area contributed by atoms with E-state index in [2.05, 4.69) is 5.32 Å². The second kappa shape index (κ2) is 6.41. The number of amides is 1. The van der Waals surface area contributed by atoms with Crippen LogP contribution in [0.3, 0.4) is 0 Å². The third-order valence-corrected chi connectivity index (χ3v) is 2.88. The largest absolute Gasteiger partial charge is 0.322 e. The van der Waals surface area contributed by atoms with E-state index in [1.54, 1.807) is 42.5 Å². The number of nitrogens with one attached hydrogen (secondary N) is 1. The Kier molecular flexibility index (Phi) is 4.61. The zero-order chi connectivity index (χ0) is 13.7. The molecule has 0 fully saturated rings. The standard InChI is InChI=1S/C15H11Cl2NO/c16-12-7-4-11(5-8-12)6-9-15(19)18-14-3-1-2-13(17)10-14/h1-10H,(H,18,19)/b9-6+. The zero-order valence-electron chi connectivity index (χ0n) is 9.94. The quantitative estimate of drug-likeness (QED) is 0.820. The van der Waals surface area contributed by atoms with Crippen molar-refractivity contribution in [3.63, 3.8) is 0 Å². The second-order valence-corrected chi connectivity index (χ2v) is 4.76. The first-order valence-electron chi connectivity index (χ1n) is 5.64. The average Bonchev–Trinajstić information content (AvgIpc) is 2.38. The van der Waals surface area contributed by atoms with Gasteiger partial charge in [-0.1, -0.05) is 41.4 Å². The van der Waals surface area contributed by atoms with E-state index >= 15 is 0 Å². The lowest BCUT2D eigenvalue weighted by molar-refractivity contribution is -0.111. The zero-order valence-corrected chi connectivity index (χ0v) is 11.4. The number of hydrogen-bond donors (Lipinski definition) is 1. The molecule has 0 spiro atoms. The lowest BCUT2D eigenvalue weighted by atomic mass is 10.2. The monoisotopic (exact) mass is 291 g/mol. The van der Waals surface area contributed by atoms with E-state index in [-0.39, 0.29) is 5.91 Å². The van der Waals surface area contributed by atoms with E-state index in [0.29, 0.717) is 15.7 Å². The molecule has 1 N–H and O–H groups in total. The molecular formula is C15H11Cl2NO. The number of carbonyl (C=O) groups is 1. The van der Waals surface area contributed by atoms with Crippen molar-refractivity contribution in [1.29, 1.82) is 0 Å². The minimum Gasteiger partial charge on any atom is -0.322 e. The van der Waals surface area contributed by atoms with Crippen LogP contribution in [-0.2, 0) is 4.79 Å². The van der Waals surface area contributed by atoms with Crippen LogP contribution in [0.5, 0.6) is 0 Å². The summed E-state index contributed by atoms with van der Waals surface area (Å²) >= 11 is 11.6. The summed E-state index contributed by atoms with van der Waals surface area (Å²) in [5.74, 6) is -0.211. The first kappa shape index (κ1) is 13.7. The van der Waals surface area contributed by atoms with Crippen LogP contribution in [0.15, 0.2) is 54.6 Å². The summed E-state index contributed by atoms with van der Waals surface area (Å²) in [4.78, 5) is 11.7. The Hall–Kier alpha value is -1.77. The molecule has 0 aliphatic rings. The lowest BCUT2D eigenvalue weighted by Crippen LogP contribution is -2.07. The Morgan fingerprint density at radius 2 is 1.74 bits per heavy atom. The number of anilines is 1. The summed E-state index contributed by atoms with van der Waals surface area (Å²) in [6.45, 7) is 0. The molecule has 0 aliphatic carbocycles. The number of hydrogen-bond acceptors (Lipinski definition) is 1. The van der Waals surface area contributed by atoms with E-state index in [1.807, 2.05) is 12.1 Å². The van der Waals surface area contributed by atoms with Gasteiger partial charge in [-0.05, 0) is 42.0 Å². The van der Waals surface area contributed by atoms with Gasteiger partial charge in [0.15, 0.2) is 0 Å². The van der Waals surface area contributed by atoms with Crippen molar-refractivity contribution in [3.05, 3.63) is 70.2 Å². The van der Waals surface area contributed by atoms with Crippen LogP contribution in [-0.4, -0.2) is 5.91 Å². The number of rotatable bonds is 3. The fourth-order valence-corrected chi connectivity index (χ4v) is 1.81. The molecule has 2 aromatic carbocycles. The van der Waals surface area contributed by atoms with Gasteiger partial charge >= 0.3 is 0 Å². The van der Waals surface area contributed by atoms with Crippen LogP contribution >= 0.6 is 23.2 Å². The molecule has 96 valence electrons. The maximum absolute atomic E-state index is 11.7. The molecule has 2 rings (SSSR count). The number of benzene rings is 2. The van der Waals surface area contributed by atoms with Gasteiger partial charge in [-0.3, -0.25) is 4.79 Å². The maximum atomic E-state index is 11.7. The molecule has 0 unspecified atom stereocenters. The number of halogens is 2. The third-order valence-electron chi connectivity index (χ3n) is 2.39. The molecule has 1 amide bonds. The Morgan fingerprint density at radius 1 is 1.00 bits per heavy atom. The van der Waals surface area contributed by atoms with E-state index in [0.717, 1.165) is 5.56 Å². The van der Waals surface area contributed by atoms with Crippen molar-refractivity contribution in [3.8, 4) is 0 Å². The van der Waals surface area contributed by atoms with Gasteiger partial charge in [-0.2, -0.15) is 0 Å². The molecule has 4 heteroatoms. The van der Waals surface area contributed by atoms with E-state index in [4.69, 9.17) is 23.2 Å². The highest BCUT2D eigenvalue weighted by molar-refractivity contribution is 6.31. The van der Waals surface area contributed by atoms with Crippen LogP contribution < -0.4 is 5.32 Å². The topological polar surface area (TPSA) is 29.1 Å². The van der Waals surface area contributed by atoms with Crippen molar-refractivity contribution < 1.29 is 4.79 Å². The molecule has 2 aromatic rings. The van der Waals surface area contributed by atoms with E-state index < -0.39 is 0 Å². The first-order valence-corrected chi connectivity index (χ1v) is 6.39. The molecule has 2 nitrogen and oxygen atoms in total. The highest BCUT2D eigenvalue weighted by Gasteiger charge is 1.98. The van der Waals surface area contributed by atoms with Gasteiger partial charge in [0.05, 0.1) is 0 Å². The SMILES string of the molecule is O=C(/C=C/c1ccc(Cl)cc1)Nc1cccc(Cl)c1. The fourth-order valence-electron chi connectivity index (χ4n) is 1.50. The van der Waals surface area contributed by atoms with Gasteiger partial charge in [-0.25, -0.2) is 0 Å². The fraction of sp³-hybridized carbons (Fsp3) is 0. The lowest BCUT2D eigenvalue weighted by Gasteiger charge is -2.02. The van der Waals surface area contributed by atoms with Gasteiger partial charge in [-0.15, -0.1) is 0 Å².